The fourth-order valence-electron chi connectivity index (χ4n) is 2.84. The Labute approximate surface area is 162 Å². The van der Waals surface area contributed by atoms with E-state index in [9.17, 15) is 4.79 Å². The van der Waals surface area contributed by atoms with Gasteiger partial charge in [0.2, 0.25) is 0 Å². The summed E-state index contributed by atoms with van der Waals surface area (Å²) in [5, 5.41) is 5.15. The lowest BCUT2D eigenvalue weighted by atomic mass is 10.2. The predicted octanol–water partition coefficient (Wildman–Crippen LogP) is 3.44. The Morgan fingerprint density at radius 1 is 1.50 bits per heavy atom. The number of hydrogen-bond donors (Lipinski definition) is 2. The van der Waals surface area contributed by atoms with Crippen LogP contribution in [0, 0.1) is 0 Å². The number of aliphatic imine (C=N–C) groups is 1. The number of aromatic nitrogens is 2. The van der Waals surface area contributed by atoms with Crippen LogP contribution in [0.3, 0.4) is 0 Å². The number of rotatable bonds is 5. The summed E-state index contributed by atoms with van der Waals surface area (Å²) in [6.07, 6.45) is 2.31. The monoisotopic (exact) mass is 406 g/mol. The van der Waals surface area contributed by atoms with E-state index >= 15 is 0 Å². The SMILES string of the molecule is NC(=NC[C@@H]1CCCO1)SCc1nc2scc(-c3cccs3)c2c(=O)[nH]1. The first-order valence-electron chi connectivity index (χ1n) is 8.29. The fourth-order valence-corrected chi connectivity index (χ4v) is 5.21. The minimum atomic E-state index is -0.106. The molecule has 1 aliphatic heterocycles. The van der Waals surface area contributed by atoms with Gasteiger partial charge in [-0.3, -0.25) is 9.79 Å². The van der Waals surface area contributed by atoms with Crippen LogP contribution in [0.2, 0.25) is 0 Å². The molecule has 1 atom stereocenters. The summed E-state index contributed by atoms with van der Waals surface area (Å²) in [6.45, 7) is 1.41. The first-order chi connectivity index (χ1) is 12.7. The number of nitrogens with zero attached hydrogens (tertiary/aromatic N) is 2. The number of thiophene rings is 2. The molecule has 0 saturated carbocycles. The van der Waals surface area contributed by atoms with Gasteiger partial charge < -0.3 is 15.5 Å². The molecular weight excluding hydrogens is 388 g/mol. The normalized spacial score (nSPS) is 18.0. The molecule has 136 valence electrons. The Balaban J connectivity index is 1.47. The predicted molar refractivity (Wildman–Crippen MR) is 110 cm³/mol. The van der Waals surface area contributed by atoms with E-state index in [0.29, 0.717) is 28.7 Å². The minimum absolute atomic E-state index is 0.106. The van der Waals surface area contributed by atoms with E-state index in [0.717, 1.165) is 34.7 Å². The van der Waals surface area contributed by atoms with Gasteiger partial charge in [-0.2, -0.15) is 0 Å². The first-order valence-corrected chi connectivity index (χ1v) is 11.0. The van der Waals surface area contributed by atoms with Crippen LogP contribution in [-0.2, 0) is 10.5 Å². The Morgan fingerprint density at radius 3 is 3.19 bits per heavy atom. The average molecular weight is 407 g/mol. The zero-order valence-corrected chi connectivity index (χ0v) is 16.4. The van der Waals surface area contributed by atoms with Crippen LogP contribution in [-0.4, -0.2) is 34.4 Å². The summed E-state index contributed by atoms with van der Waals surface area (Å²) < 4.78 is 5.53. The number of fused-ring (bicyclic) bond motifs is 1. The van der Waals surface area contributed by atoms with Crippen LogP contribution in [0.1, 0.15) is 18.7 Å². The molecule has 9 heteroatoms. The molecule has 3 aromatic heterocycles. The van der Waals surface area contributed by atoms with Crippen molar-refractivity contribution in [3.05, 3.63) is 39.1 Å². The lowest BCUT2D eigenvalue weighted by molar-refractivity contribution is 0.118. The highest BCUT2D eigenvalue weighted by Gasteiger charge is 2.15. The molecule has 0 amide bonds. The number of nitrogens with two attached hydrogens (primary N) is 1. The molecule has 3 N–H and O–H groups in total. The molecule has 0 aliphatic carbocycles. The van der Waals surface area contributed by atoms with Gasteiger partial charge >= 0.3 is 0 Å². The Kier molecular flexibility index (Phi) is 5.39. The summed E-state index contributed by atoms with van der Waals surface area (Å²) >= 11 is 4.49. The third kappa shape index (κ3) is 3.85. The zero-order chi connectivity index (χ0) is 17.9. The molecule has 1 saturated heterocycles. The molecule has 3 aromatic rings. The Morgan fingerprint density at radius 2 is 2.42 bits per heavy atom. The molecular formula is C17H18N4O2S3. The van der Waals surface area contributed by atoms with Crippen molar-refractivity contribution in [2.24, 2.45) is 10.7 Å². The van der Waals surface area contributed by atoms with Crippen molar-refractivity contribution < 1.29 is 4.74 Å². The van der Waals surface area contributed by atoms with E-state index in [4.69, 9.17) is 10.5 Å². The van der Waals surface area contributed by atoms with Crippen molar-refractivity contribution in [2.45, 2.75) is 24.7 Å². The van der Waals surface area contributed by atoms with Crippen molar-refractivity contribution >= 4 is 49.8 Å². The third-order valence-electron chi connectivity index (χ3n) is 4.11. The summed E-state index contributed by atoms with van der Waals surface area (Å²) in [7, 11) is 0. The number of H-pyrrole nitrogens is 1. The van der Waals surface area contributed by atoms with E-state index in [1.165, 1.54) is 23.1 Å². The zero-order valence-electron chi connectivity index (χ0n) is 13.9. The molecule has 1 aliphatic rings. The number of amidine groups is 1. The maximum absolute atomic E-state index is 12.5. The maximum atomic E-state index is 12.5. The van der Waals surface area contributed by atoms with Crippen LogP contribution < -0.4 is 11.3 Å². The van der Waals surface area contributed by atoms with Crippen LogP contribution in [0.25, 0.3) is 20.7 Å². The number of hydrogen-bond acceptors (Lipinski definition) is 7. The lowest BCUT2D eigenvalue weighted by Gasteiger charge is -2.06. The van der Waals surface area contributed by atoms with Crippen molar-refractivity contribution in [3.8, 4) is 10.4 Å². The molecule has 0 spiro atoms. The Bertz CT molecular complexity index is 972. The van der Waals surface area contributed by atoms with E-state index in [1.54, 1.807) is 11.3 Å². The van der Waals surface area contributed by atoms with Crippen molar-refractivity contribution in [1.29, 1.82) is 0 Å². The van der Waals surface area contributed by atoms with Crippen LogP contribution in [0.5, 0.6) is 0 Å². The molecule has 0 unspecified atom stereocenters. The van der Waals surface area contributed by atoms with Gasteiger partial charge in [0.1, 0.15) is 10.7 Å². The molecule has 0 radical (unpaired) electrons. The van der Waals surface area contributed by atoms with Crippen LogP contribution >= 0.6 is 34.4 Å². The summed E-state index contributed by atoms with van der Waals surface area (Å²) in [5.41, 5.74) is 6.80. The Hall–Kier alpha value is -1.68. The van der Waals surface area contributed by atoms with Gasteiger partial charge in [0, 0.05) is 22.4 Å². The van der Waals surface area contributed by atoms with Gasteiger partial charge in [0.25, 0.3) is 5.56 Å². The highest BCUT2D eigenvalue weighted by atomic mass is 32.2. The van der Waals surface area contributed by atoms with Gasteiger partial charge in [-0.25, -0.2) is 4.98 Å². The minimum Gasteiger partial charge on any atom is -0.379 e. The quantitative estimate of drug-likeness (QED) is 0.500. The maximum Gasteiger partial charge on any atom is 0.260 e. The van der Waals surface area contributed by atoms with Crippen molar-refractivity contribution in [2.75, 3.05) is 13.2 Å². The molecule has 26 heavy (non-hydrogen) atoms. The smallest absolute Gasteiger partial charge is 0.260 e. The second-order valence-corrected chi connectivity index (χ2v) is 8.72. The van der Waals surface area contributed by atoms with Crippen LogP contribution in [0.15, 0.2) is 32.7 Å². The molecule has 4 rings (SSSR count). The van der Waals surface area contributed by atoms with E-state index in [-0.39, 0.29) is 11.7 Å². The van der Waals surface area contributed by atoms with Crippen molar-refractivity contribution in [1.82, 2.24) is 9.97 Å². The second kappa shape index (κ2) is 7.91. The van der Waals surface area contributed by atoms with Gasteiger partial charge in [-0.1, -0.05) is 17.8 Å². The molecule has 6 nitrogen and oxygen atoms in total. The summed E-state index contributed by atoms with van der Waals surface area (Å²) in [4.78, 5) is 26.2. The van der Waals surface area contributed by atoms with Crippen LogP contribution in [0.4, 0.5) is 0 Å². The lowest BCUT2D eigenvalue weighted by Crippen LogP contribution is -2.15. The number of aromatic amines is 1. The highest BCUT2D eigenvalue weighted by Crippen LogP contribution is 2.33. The van der Waals surface area contributed by atoms with E-state index in [1.807, 2.05) is 22.9 Å². The second-order valence-electron chi connectivity index (χ2n) is 5.92. The van der Waals surface area contributed by atoms with Gasteiger partial charge in [0.05, 0.1) is 23.8 Å². The average Bonchev–Trinajstić information content (AvgIpc) is 3.38. The molecule has 1 fully saturated rings. The fraction of sp³-hybridized carbons (Fsp3) is 0.353. The largest absolute Gasteiger partial charge is 0.379 e. The number of thioether (sulfide) groups is 1. The standard InChI is InChI=1S/C17H18N4O2S3/c18-17(19-7-10-3-1-5-23-10)26-9-13-20-15(22)14-11(8-25-16(14)21-13)12-4-2-6-24-12/h2,4,6,8,10H,1,3,5,7,9H2,(H2,18,19)(H,20,21,22)/t10-/m0/s1. The topological polar surface area (TPSA) is 93.4 Å². The van der Waals surface area contributed by atoms with Gasteiger partial charge in [0.15, 0.2) is 5.17 Å². The number of nitrogens with one attached hydrogen (secondary N) is 1. The van der Waals surface area contributed by atoms with E-state index in [2.05, 4.69) is 15.0 Å². The summed E-state index contributed by atoms with van der Waals surface area (Å²) in [5.74, 6) is 1.10. The molecule has 0 aromatic carbocycles. The molecule has 4 heterocycles. The van der Waals surface area contributed by atoms with Crippen molar-refractivity contribution in [3.63, 3.8) is 0 Å². The van der Waals surface area contributed by atoms with Gasteiger partial charge in [-0.05, 0) is 24.3 Å². The molecule has 0 bridgehead atoms. The van der Waals surface area contributed by atoms with Gasteiger partial charge in [-0.15, -0.1) is 22.7 Å². The third-order valence-corrected chi connectivity index (χ3v) is 6.73. The summed E-state index contributed by atoms with van der Waals surface area (Å²) in [6, 6.07) is 4.00. The number of ether oxygens (including phenoxy) is 1. The van der Waals surface area contributed by atoms with E-state index < -0.39 is 0 Å². The first kappa shape index (κ1) is 17.7. The highest BCUT2D eigenvalue weighted by molar-refractivity contribution is 8.13.